The summed E-state index contributed by atoms with van der Waals surface area (Å²) in [4.78, 5) is 0. The number of ether oxygens (including phenoxy) is 2. The van der Waals surface area contributed by atoms with Gasteiger partial charge in [-0.05, 0) is 24.8 Å². The molecule has 1 N–H and O–H groups in total. The predicted octanol–water partition coefficient (Wildman–Crippen LogP) is 0.0735. The van der Waals surface area contributed by atoms with Crippen molar-refractivity contribution in [1.29, 1.82) is 0 Å². The van der Waals surface area contributed by atoms with Crippen molar-refractivity contribution in [3.63, 3.8) is 0 Å². The van der Waals surface area contributed by atoms with Gasteiger partial charge in [0.1, 0.15) is 0 Å². The zero-order chi connectivity index (χ0) is 16.3. The van der Waals surface area contributed by atoms with E-state index in [0.717, 1.165) is 30.5 Å². The number of hydrogen-bond acceptors (Lipinski definition) is 5. The molecule has 1 aliphatic heterocycles. The fraction of sp³-hybridized carbons (Fsp3) is 0.786. The maximum absolute atomic E-state index is 12.5. The molecule has 130 valence electrons. The molecule has 1 aromatic rings. The predicted molar refractivity (Wildman–Crippen MR) is 84.2 cm³/mol. The van der Waals surface area contributed by atoms with Gasteiger partial charge in [0.2, 0.25) is 0 Å². The van der Waals surface area contributed by atoms with E-state index < -0.39 is 10.2 Å². The average Bonchev–Trinajstić information content (AvgIpc) is 2.98. The van der Waals surface area contributed by atoms with Crippen LogP contribution >= 0.6 is 0 Å². The highest BCUT2D eigenvalue weighted by Crippen LogP contribution is 2.29. The van der Waals surface area contributed by atoms with Crippen LogP contribution < -0.4 is 4.72 Å². The summed E-state index contributed by atoms with van der Waals surface area (Å²) in [6, 6.07) is -0.254. The van der Waals surface area contributed by atoms with Crippen LogP contribution in [0.3, 0.4) is 0 Å². The Morgan fingerprint density at radius 2 is 2.22 bits per heavy atom. The molecule has 0 amide bonds. The first kappa shape index (κ1) is 16.8. The SMILES string of the molecule is COCCn1cc2c(n1)[C@@H](NS(=O)(=O)N1CCOCC1)CCC2. The third-order valence-corrected chi connectivity index (χ3v) is 5.89. The number of methoxy groups -OCH3 is 1. The van der Waals surface area contributed by atoms with Crippen molar-refractivity contribution in [3.8, 4) is 0 Å². The molecule has 1 atom stereocenters. The monoisotopic (exact) mass is 344 g/mol. The van der Waals surface area contributed by atoms with Crippen LogP contribution in [-0.2, 0) is 32.6 Å². The molecule has 2 heterocycles. The molecule has 23 heavy (non-hydrogen) atoms. The van der Waals surface area contributed by atoms with E-state index in [-0.39, 0.29) is 6.04 Å². The summed E-state index contributed by atoms with van der Waals surface area (Å²) in [7, 11) is -1.85. The first-order valence-electron chi connectivity index (χ1n) is 8.00. The van der Waals surface area contributed by atoms with Gasteiger partial charge in [-0.15, -0.1) is 0 Å². The maximum atomic E-state index is 12.5. The maximum Gasteiger partial charge on any atom is 0.280 e. The first-order valence-corrected chi connectivity index (χ1v) is 9.44. The van der Waals surface area contributed by atoms with Crippen molar-refractivity contribution in [1.82, 2.24) is 18.8 Å². The summed E-state index contributed by atoms with van der Waals surface area (Å²) >= 11 is 0. The van der Waals surface area contributed by atoms with Gasteiger partial charge in [-0.3, -0.25) is 4.68 Å². The summed E-state index contributed by atoms with van der Waals surface area (Å²) in [5.74, 6) is 0. The third kappa shape index (κ3) is 3.92. The molecule has 1 saturated heterocycles. The Morgan fingerprint density at radius 3 is 2.96 bits per heavy atom. The van der Waals surface area contributed by atoms with E-state index in [9.17, 15) is 8.42 Å². The molecular weight excluding hydrogens is 320 g/mol. The minimum absolute atomic E-state index is 0.254. The van der Waals surface area contributed by atoms with Crippen molar-refractivity contribution >= 4 is 10.2 Å². The highest BCUT2D eigenvalue weighted by Gasteiger charge is 2.31. The molecule has 9 heteroatoms. The number of morpholine rings is 1. The van der Waals surface area contributed by atoms with E-state index in [1.54, 1.807) is 7.11 Å². The zero-order valence-electron chi connectivity index (χ0n) is 13.4. The van der Waals surface area contributed by atoms with Gasteiger partial charge < -0.3 is 9.47 Å². The van der Waals surface area contributed by atoms with Gasteiger partial charge in [0.25, 0.3) is 10.2 Å². The molecule has 8 nitrogen and oxygen atoms in total. The zero-order valence-corrected chi connectivity index (χ0v) is 14.2. The van der Waals surface area contributed by atoms with Gasteiger partial charge in [-0.1, -0.05) is 0 Å². The standard InChI is InChI=1S/C14H24N4O4S/c1-21-8-5-17-11-12-3-2-4-13(14(12)15-17)16-23(19,20)18-6-9-22-10-7-18/h11,13,16H,2-10H2,1H3/t13-/m0/s1. The molecule has 1 fully saturated rings. The normalized spacial score (nSPS) is 22.9. The lowest BCUT2D eigenvalue weighted by molar-refractivity contribution is 0.0722. The fourth-order valence-electron chi connectivity index (χ4n) is 3.05. The Hall–Kier alpha value is -1.00. The highest BCUT2D eigenvalue weighted by molar-refractivity contribution is 7.87. The third-order valence-electron chi connectivity index (χ3n) is 4.26. The molecule has 2 aliphatic rings. The second-order valence-corrected chi connectivity index (χ2v) is 7.58. The van der Waals surface area contributed by atoms with Gasteiger partial charge in [0.05, 0.1) is 38.1 Å². The van der Waals surface area contributed by atoms with E-state index >= 15 is 0 Å². The lowest BCUT2D eigenvalue weighted by Gasteiger charge is -2.29. The van der Waals surface area contributed by atoms with Crippen molar-refractivity contribution in [2.45, 2.75) is 31.8 Å². The van der Waals surface area contributed by atoms with Crippen molar-refractivity contribution in [2.75, 3.05) is 40.0 Å². The number of nitrogens with zero attached hydrogens (tertiary/aromatic N) is 3. The van der Waals surface area contributed by atoms with E-state index in [2.05, 4.69) is 9.82 Å². The van der Waals surface area contributed by atoms with Crippen LogP contribution in [0.4, 0.5) is 0 Å². The summed E-state index contributed by atoms with van der Waals surface area (Å²) in [5.41, 5.74) is 1.98. The molecule has 3 rings (SSSR count). The molecule has 1 aliphatic carbocycles. The van der Waals surface area contributed by atoms with Crippen LogP contribution in [0.1, 0.15) is 30.1 Å². The van der Waals surface area contributed by atoms with Crippen LogP contribution in [0.2, 0.25) is 0 Å². The Morgan fingerprint density at radius 1 is 1.43 bits per heavy atom. The largest absolute Gasteiger partial charge is 0.383 e. The summed E-state index contributed by atoms with van der Waals surface area (Å²) < 4.78 is 41.5. The molecule has 0 bridgehead atoms. The smallest absolute Gasteiger partial charge is 0.280 e. The van der Waals surface area contributed by atoms with E-state index in [0.29, 0.717) is 39.5 Å². The minimum Gasteiger partial charge on any atom is -0.383 e. The summed E-state index contributed by atoms with van der Waals surface area (Å²) in [6.45, 7) is 2.95. The highest BCUT2D eigenvalue weighted by atomic mass is 32.2. The molecular formula is C14H24N4O4S. The van der Waals surface area contributed by atoms with Crippen LogP contribution in [0, 0.1) is 0 Å². The van der Waals surface area contributed by atoms with Gasteiger partial charge >= 0.3 is 0 Å². The van der Waals surface area contributed by atoms with E-state index in [1.165, 1.54) is 4.31 Å². The first-order chi connectivity index (χ1) is 11.1. The topological polar surface area (TPSA) is 85.7 Å². The Balaban J connectivity index is 1.73. The molecule has 0 aromatic carbocycles. The van der Waals surface area contributed by atoms with Crippen molar-refractivity contribution < 1.29 is 17.9 Å². The van der Waals surface area contributed by atoms with Gasteiger partial charge in [-0.25, -0.2) is 0 Å². The summed E-state index contributed by atoms with van der Waals surface area (Å²) in [5, 5.41) is 4.57. The van der Waals surface area contributed by atoms with Crippen LogP contribution in [0.5, 0.6) is 0 Å². The second-order valence-electron chi connectivity index (χ2n) is 5.87. The molecule has 1 aromatic heterocycles. The second kappa shape index (κ2) is 7.27. The number of hydrogen-bond donors (Lipinski definition) is 1. The van der Waals surface area contributed by atoms with Crippen molar-refractivity contribution in [3.05, 3.63) is 17.5 Å². The molecule has 0 unspecified atom stereocenters. The number of fused-ring (bicyclic) bond motifs is 1. The molecule has 0 saturated carbocycles. The Labute approximate surface area is 136 Å². The van der Waals surface area contributed by atoms with Crippen LogP contribution in [0.25, 0.3) is 0 Å². The Bertz CT molecular complexity index is 625. The molecule has 0 spiro atoms. The summed E-state index contributed by atoms with van der Waals surface area (Å²) in [6.07, 6.45) is 4.68. The van der Waals surface area contributed by atoms with E-state index in [4.69, 9.17) is 9.47 Å². The Kier molecular flexibility index (Phi) is 5.32. The van der Waals surface area contributed by atoms with Gasteiger partial charge in [-0.2, -0.15) is 22.5 Å². The lowest BCUT2D eigenvalue weighted by atomic mass is 9.94. The average molecular weight is 344 g/mol. The quantitative estimate of drug-likeness (QED) is 0.789. The molecule has 0 radical (unpaired) electrons. The van der Waals surface area contributed by atoms with Gasteiger partial charge in [0.15, 0.2) is 0 Å². The van der Waals surface area contributed by atoms with Crippen molar-refractivity contribution in [2.24, 2.45) is 0 Å². The fourth-order valence-corrected chi connectivity index (χ4v) is 4.42. The van der Waals surface area contributed by atoms with E-state index in [1.807, 2.05) is 10.9 Å². The van der Waals surface area contributed by atoms with Crippen LogP contribution in [-0.4, -0.2) is 62.5 Å². The minimum atomic E-state index is -3.50. The number of nitrogens with one attached hydrogen (secondary N) is 1. The number of aromatic nitrogens is 2. The van der Waals surface area contributed by atoms with Gasteiger partial charge in [0, 0.05) is 26.4 Å². The van der Waals surface area contributed by atoms with Crippen LogP contribution in [0.15, 0.2) is 6.20 Å². The number of rotatable bonds is 6. The number of aryl methyl sites for hydroxylation is 1. The lowest BCUT2D eigenvalue weighted by Crippen LogP contribution is -2.48.